The maximum absolute atomic E-state index is 12.5. The summed E-state index contributed by atoms with van der Waals surface area (Å²) in [6, 6.07) is 12.8. The molecule has 0 radical (unpaired) electrons. The van der Waals surface area contributed by atoms with E-state index in [0.717, 1.165) is 21.3 Å². The molecule has 1 unspecified atom stereocenters. The number of hydrogen-bond donors (Lipinski definition) is 2. The summed E-state index contributed by atoms with van der Waals surface area (Å²) in [4.78, 5) is 28.1. The van der Waals surface area contributed by atoms with Gasteiger partial charge in [-0.05, 0) is 30.7 Å². The summed E-state index contributed by atoms with van der Waals surface area (Å²) in [5.74, 6) is -0.381. The Bertz CT molecular complexity index is 1020. The molecule has 0 spiro atoms. The van der Waals surface area contributed by atoms with Gasteiger partial charge in [0, 0.05) is 22.3 Å². The molecule has 3 aromatic rings. The molecule has 2 N–H and O–H groups in total. The molecule has 0 aliphatic heterocycles. The quantitative estimate of drug-likeness (QED) is 0.496. The van der Waals surface area contributed by atoms with Crippen molar-refractivity contribution >= 4 is 55.8 Å². The third-order valence-corrected chi connectivity index (χ3v) is 5.60. The Morgan fingerprint density at radius 2 is 1.89 bits per heavy atom. The number of carbonyl (C=O) groups excluding carboxylic acids is 2. The molecule has 0 saturated carbocycles. The fourth-order valence-electron chi connectivity index (χ4n) is 2.63. The van der Waals surface area contributed by atoms with Crippen molar-refractivity contribution in [2.24, 2.45) is 0 Å². The molecule has 8 heteroatoms. The van der Waals surface area contributed by atoms with Crippen LogP contribution in [0.25, 0.3) is 11.3 Å². The zero-order chi connectivity index (χ0) is 20.3. The highest BCUT2D eigenvalue weighted by atomic mass is 79.9. The van der Waals surface area contributed by atoms with Crippen molar-refractivity contribution < 1.29 is 9.59 Å². The average molecular weight is 479 g/mol. The number of carbonyl (C=O) groups is 2. The van der Waals surface area contributed by atoms with E-state index in [2.05, 4.69) is 31.5 Å². The highest BCUT2D eigenvalue weighted by Gasteiger charge is 2.14. The van der Waals surface area contributed by atoms with E-state index in [-0.39, 0.29) is 17.9 Å². The van der Waals surface area contributed by atoms with Crippen molar-refractivity contribution in [1.82, 2.24) is 10.3 Å². The zero-order valence-corrected chi connectivity index (χ0v) is 18.3. The minimum absolute atomic E-state index is 0.0632. The number of rotatable bonds is 5. The monoisotopic (exact) mass is 477 g/mol. The van der Waals surface area contributed by atoms with Gasteiger partial charge in [0.05, 0.1) is 22.3 Å². The van der Waals surface area contributed by atoms with Crippen LogP contribution in [0.4, 0.5) is 5.13 Å². The van der Waals surface area contributed by atoms with Gasteiger partial charge in [0.25, 0.3) is 5.91 Å². The van der Waals surface area contributed by atoms with Gasteiger partial charge in [0.15, 0.2) is 5.13 Å². The van der Waals surface area contributed by atoms with Gasteiger partial charge in [-0.25, -0.2) is 4.98 Å². The molecule has 2 aromatic carbocycles. The molecule has 0 saturated heterocycles. The van der Waals surface area contributed by atoms with Crippen molar-refractivity contribution in [1.29, 1.82) is 0 Å². The summed E-state index contributed by atoms with van der Waals surface area (Å²) in [5, 5.41) is 8.39. The first-order valence-electron chi connectivity index (χ1n) is 8.43. The molecule has 0 bridgehead atoms. The molecular weight excluding hydrogens is 462 g/mol. The van der Waals surface area contributed by atoms with E-state index in [9.17, 15) is 9.59 Å². The van der Waals surface area contributed by atoms with Gasteiger partial charge >= 0.3 is 0 Å². The maximum atomic E-state index is 12.5. The first kappa shape index (κ1) is 20.5. The third-order valence-electron chi connectivity index (χ3n) is 4.02. The fraction of sp³-hybridized carbons (Fsp3) is 0.150. The van der Waals surface area contributed by atoms with Crippen LogP contribution in [0.15, 0.2) is 52.3 Å². The van der Waals surface area contributed by atoms with Gasteiger partial charge in [0.1, 0.15) is 0 Å². The van der Waals surface area contributed by atoms with Gasteiger partial charge in [0.2, 0.25) is 5.91 Å². The lowest BCUT2D eigenvalue weighted by Crippen LogP contribution is -2.23. The summed E-state index contributed by atoms with van der Waals surface area (Å²) >= 11 is 10.8. The number of thiazole rings is 1. The van der Waals surface area contributed by atoms with Gasteiger partial charge in [-0.15, -0.1) is 11.3 Å². The summed E-state index contributed by atoms with van der Waals surface area (Å²) in [7, 11) is 0. The number of nitrogens with zero attached hydrogens (tertiary/aromatic N) is 1. The lowest BCUT2D eigenvalue weighted by molar-refractivity contribution is -0.119. The molecule has 144 valence electrons. The van der Waals surface area contributed by atoms with Crippen LogP contribution in [0.3, 0.4) is 0 Å². The van der Waals surface area contributed by atoms with Gasteiger partial charge < -0.3 is 5.32 Å². The normalized spacial score (nSPS) is 11.7. The molecular formula is C20H17BrClN3O2S. The van der Waals surface area contributed by atoms with Crippen LogP contribution in [0.5, 0.6) is 0 Å². The first-order valence-corrected chi connectivity index (χ1v) is 10.5. The number of hydrogen-bond acceptors (Lipinski definition) is 4. The standard InChI is InChI=1S/C20H17BrClN3O2S/c1-11(23-12(2)26)13-3-5-14(6-4-13)18-10-28-20(24-18)25-19(27)16-9-15(21)7-8-17(16)22/h3-11H,1-2H3,(H,23,26)(H,24,25,27). The number of amides is 2. The Balaban J connectivity index is 1.72. The Morgan fingerprint density at radius 3 is 2.57 bits per heavy atom. The molecule has 1 atom stereocenters. The minimum atomic E-state index is -0.313. The molecule has 1 aromatic heterocycles. The SMILES string of the molecule is CC(=O)NC(C)c1ccc(-c2csc(NC(=O)c3cc(Br)ccc3Cl)n2)cc1. The number of anilines is 1. The second-order valence-corrected chi connectivity index (χ2v) is 8.34. The molecule has 2 amide bonds. The lowest BCUT2D eigenvalue weighted by Gasteiger charge is -2.13. The van der Waals surface area contributed by atoms with Crippen LogP contribution < -0.4 is 10.6 Å². The van der Waals surface area contributed by atoms with Crippen molar-refractivity contribution in [3.63, 3.8) is 0 Å². The van der Waals surface area contributed by atoms with E-state index in [0.29, 0.717) is 15.7 Å². The van der Waals surface area contributed by atoms with Crippen LogP contribution in [0.1, 0.15) is 35.8 Å². The Kier molecular flexibility index (Phi) is 6.49. The van der Waals surface area contributed by atoms with E-state index in [1.165, 1.54) is 18.3 Å². The smallest absolute Gasteiger partial charge is 0.258 e. The molecule has 3 rings (SSSR count). The summed E-state index contributed by atoms with van der Waals surface area (Å²) in [6.45, 7) is 3.43. The molecule has 5 nitrogen and oxygen atoms in total. The molecule has 0 fully saturated rings. The Labute approximate surface area is 180 Å². The molecule has 0 aliphatic carbocycles. The van der Waals surface area contributed by atoms with Crippen molar-refractivity contribution in [2.75, 3.05) is 5.32 Å². The van der Waals surface area contributed by atoms with E-state index in [4.69, 9.17) is 11.6 Å². The number of nitrogens with one attached hydrogen (secondary N) is 2. The number of halogens is 2. The van der Waals surface area contributed by atoms with Crippen LogP contribution in [-0.4, -0.2) is 16.8 Å². The van der Waals surface area contributed by atoms with Crippen LogP contribution in [0, 0.1) is 0 Å². The molecule has 28 heavy (non-hydrogen) atoms. The van der Waals surface area contributed by atoms with Crippen molar-refractivity contribution in [2.45, 2.75) is 19.9 Å². The summed E-state index contributed by atoms with van der Waals surface area (Å²) < 4.78 is 0.774. The third kappa shape index (κ3) is 4.98. The fourth-order valence-corrected chi connectivity index (χ4v) is 3.91. The second-order valence-electron chi connectivity index (χ2n) is 6.16. The molecule has 1 heterocycles. The average Bonchev–Trinajstić information content (AvgIpc) is 3.11. The Hall–Kier alpha value is -2.22. The largest absolute Gasteiger partial charge is 0.350 e. The first-order chi connectivity index (χ1) is 13.3. The summed E-state index contributed by atoms with van der Waals surface area (Å²) in [6.07, 6.45) is 0. The zero-order valence-electron chi connectivity index (χ0n) is 15.1. The van der Waals surface area contributed by atoms with E-state index in [1.54, 1.807) is 18.2 Å². The van der Waals surface area contributed by atoms with Crippen molar-refractivity contribution in [3.05, 3.63) is 68.5 Å². The number of aromatic nitrogens is 1. The topological polar surface area (TPSA) is 71.1 Å². The maximum Gasteiger partial charge on any atom is 0.258 e. The number of benzene rings is 2. The van der Waals surface area contributed by atoms with E-state index >= 15 is 0 Å². The van der Waals surface area contributed by atoms with E-state index in [1.807, 2.05) is 36.6 Å². The van der Waals surface area contributed by atoms with E-state index < -0.39 is 0 Å². The predicted octanol–water partition coefficient (Wildman–Crippen LogP) is 5.68. The van der Waals surface area contributed by atoms with Gasteiger partial charge in [-0.2, -0.15) is 0 Å². The van der Waals surface area contributed by atoms with Crippen LogP contribution in [0.2, 0.25) is 5.02 Å². The van der Waals surface area contributed by atoms with Crippen LogP contribution in [-0.2, 0) is 4.79 Å². The molecule has 0 aliphatic rings. The minimum Gasteiger partial charge on any atom is -0.350 e. The lowest BCUT2D eigenvalue weighted by atomic mass is 10.1. The van der Waals surface area contributed by atoms with Crippen molar-refractivity contribution in [3.8, 4) is 11.3 Å². The second kappa shape index (κ2) is 8.86. The highest BCUT2D eigenvalue weighted by Crippen LogP contribution is 2.28. The predicted molar refractivity (Wildman–Crippen MR) is 117 cm³/mol. The van der Waals surface area contributed by atoms with Crippen LogP contribution >= 0.6 is 38.9 Å². The Morgan fingerprint density at radius 1 is 1.18 bits per heavy atom. The highest BCUT2D eigenvalue weighted by molar-refractivity contribution is 9.10. The summed E-state index contributed by atoms with van der Waals surface area (Å²) in [5.41, 5.74) is 3.08. The van der Waals surface area contributed by atoms with Gasteiger partial charge in [-0.3, -0.25) is 14.9 Å². The van der Waals surface area contributed by atoms with Gasteiger partial charge in [-0.1, -0.05) is 51.8 Å².